The molecular weight excluding hydrogens is 513 g/mol. The molecule has 3 aromatic heterocycles. The maximum atomic E-state index is 15.1. The molecular formula is C25H20F5N5O3. The average molecular weight is 533 g/mol. The number of nitrogens with zero attached hydrogens (tertiary/aromatic N) is 5. The van der Waals surface area contributed by atoms with Crippen LogP contribution in [0, 0.1) is 17.5 Å². The van der Waals surface area contributed by atoms with Gasteiger partial charge in [-0.25, -0.2) is 28.1 Å². The van der Waals surface area contributed by atoms with Crippen LogP contribution in [0.3, 0.4) is 0 Å². The maximum absolute atomic E-state index is 15.1. The first kappa shape index (κ1) is 24.5. The van der Waals surface area contributed by atoms with Crippen molar-refractivity contribution in [1.29, 1.82) is 0 Å². The van der Waals surface area contributed by atoms with Gasteiger partial charge in [-0.1, -0.05) is 0 Å². The zero-order valence-electron chi connectivity index (χ0n) is 19.7. The highest BCUT2D eigenvalue weighted by atomic mass is 19.3. The van der Waals surface area contributed by atoms with Crippen molar-refractivity contribution in [2.24, 2.45) is 0 Å². The Bertz CT molecular complexity index is 1550. The number of ether oxygens (including phenoxy) is 1. The minimum atomic E-state index is -3.29. The van der Waals surface area contributed by atoms with Gasteiger partial charge in [0.2, 0.25) is 5.95 Å². The van der Waals surface area contributed by atoms with Crippen LogP contribution in [0.15, 0.2) is 36.8 Å². The summed E-state index contributed by atoms with van der Waals surface area (Å²) in [7, 11) is 0. The highest BCUT2D eigenvalue weighted by Crippen LogP contribution is 2.47. The third-order valence-electron chi connectivity index (χ3n) is 6.82. The lowest BCUT2D eigenvalue weighted by atomic mass is 9.95. The van der Waals surface area contributed by atoms with E-state index in [-0.39, 0.29) is 28.9 Å². The van der Waals surface area contributed by atoms with Crippen LogP contribution in [0.4, 0.5) is 27.9 Å². The third-order valence-corrected chi connectivity index (χ3v) is 6.82. The van der Waals surface area contributed by atoms with Crippen molar-refractivity contribution in [1.82, 2.24) is 19.4 Å². The molecule has 38 heavy (non-hydrogen) atoms. The monoisotopic (exact) mass is 533 g/mol. The molecule has 1 aliphatic heterocycles. The van der Waals surface area contributed by atoms with Crippen molar-refractivity contribution in [2.45, 2.75) is 37.6 Å². The first-order chi connectivity index (χ1) is 18.0. The molecule has 13 heteroatoms. The van der Waals surface area contributed by atoms with Gasteiger partial charge in [-0.05, 0) is 19.4 Å². The van der Waals surface area contributed by atoms with Gasteiger partial charge >= 0.3 is 6.61 Å². The Hall–Kier alpha value is -3.84. The molecule has 1 saturated heterocycles. The van der Waals surface area contributed by atoms with Crippen LogP contribution in [-0.4, -0.2) is 54.9 Å². The fourth-order valence-corrected chi connectivity index (χ4v) is 5.18. The molecule has 6 rings (SSSR count). The van der Waals surface area contributed by atoms with Crippen LogP contribution in [0.25, 0.3) is 16.8 Å². The number of β-amino-alcohol motifs (C(OH)–C–C–N with tert-alkyl or cyclic N) is 1. The lowest BCUT2D eigenvalue weighted by Gasteiger charge is -2.44. The van der Waals surface area contributed by atoms with Crippen LogP contribution in [0.1, 0.15) is 42.3 Å². The van der Waals surface area contributed by atoms with E-state index in [1.165, 1.54) is 23.0 Å². The number of halogens is 5. The standard InChI is InChI=1S/C25H20F5N5O3/c1-25(37)9-34(10-25)24-31-6-11(7-32-24)14-8-35-20(5-15(14)26)33-21-18(36)3-13(22(21)35)12-2-16(27)17(28)4-19(12)38-23(29)30/h2,4-8,13,18,23,36-37H,3,9-10H2,1H3. The minimum absolute atomic E-state index is 0.0601. The second-order valence-electron chi connectivity index (χ2n) is 9.76. The summed E-state index contributed by atoms with van der Waals surface area (Å²) in [6, 6.07) is 2.43. The molecule has 0 amide bonds. The van der Waals surface area contributed by atoms with Gasteiger partial charge in [0, 0.05) is 53.3 Å². The van der Waals surface area contributed by atoms with Gasteiger partial charge in [0.15, 0.2) is 11.6 Å². The Balaban J connectivity index is 1.43. The van der Waals surface area contributed by atoms with E-state index in [0.717, 1.165) is 12.1 Å². The third kappa shape index (κ3) is 4.02. The number of anilines is 1. The average Bonchev–Trinajstić information content (AvgIpc) is 3.35. The second kappa shape index (κ2) is 8.60. The normalized spacial score (nSPS) is 20.2. The van der Waals surface area contributed by atoms with E-state index in [1.807, 2.05) is 0 Å². The number of aromatic nitrogens is 4. The van der Waals surface area contributed by atoms with E-state index in [2.05, 4.69) is 19.7 Å². The van der Waals surface area contributed by atoms with Crippen molar-refractivity contribution < 1.29 is 36.9 Å². The topological polar surface area (TPSA) is 96.0 Å². The number of aliphatic hydroxyl groups excluding tert-OH is 1. The molecule has 2 N–H and O–H groups in total. The Morgan fingerprint density at radius 1 is 1.05 bits per heavy atom. The van der Waals surface area contributed by atoms with E-state index in [9.17, 15) is 27.8 Å². The van der Waals surface area contributed by atoms with Crippen molar-refractivity contribution in [3.05, 3.63) is 71.2 Å². The predicted octanol–water partition coefficient (Wildman–Crippen LogP) is 3.95. The summed E-state index contributed by atoms with van der Waals surface area (Å²) in [6.07, 6.45) is 3.03. The summed E-state index contributed by atoms with van der Waals surface area (Å²) >= 11 is 0. The number of pyridine rings is 1. The van der Waals surface area contributed by atoms with Crippen LogP contribution in [0.2, 0.25) is 0 Å². The zero-order valence-corrected chi connectivity index (χ0v) is 19.7. The van der Waals surface area contributed by atoms with E-state index >= 15 is 4.39 Å². The zero-order chi connectivity index (χ0) is 26.9. The van der Waals surface area contributed by atoms with Crippen LogP contribution < -0.4 is 9.64 Å². The summed E-state index contributed by atoms with van der Waals surface area (Å²) in [4.78, 5) is 14.6. The summed E-state index contributed by atoms with van der Waals surface area (Å²) < 4.78 is 75.2. The summed E-state index contributed by atoms with van der Waals surface area (Å²) in [5.41, 5.74) is 0.0827. The molecule has 1 fully saturated rings. The Morgan fingerprint density at radius 3 is 2.39 bits per heavy atom. The molecule has 0 radical (unpaired) electrons. The highest BCUT2D eigenvalue weighted by molar-refractivity contribution is 5.66. The molecule has 4 aromatic rings. The number of alkyl halides is 2. The molecule has 1 aromatic carbocycles. The molecule has 2 atom stereocenters. The SMILES string of the molecule is CC1(O)CN(c2ncc(-c3cn4c5c(nc4cc3F)C(O)CC5c3cc(F)c(F)cc3OC(F)F)cn2)C1. The largest absolute Gasteiger partial charge is 0.434 e. The number of fused-ring (bicyclic) bond motifs is 3. The van der Waals surface area contributed by atoms with Gasteiger partial charge in [-0.3, -0.25) is 0 Å². The van der Waals surface area contributed by atoms with E-state index in [4.69, 9.17) is 0 Å². The fourth-order valence-electron chi connectivity index (χ4n) is 5.18. The summed E-state index contributed by atoms with van der Waals surface area (Å²) in [5.74, 6) is -4.39. The number of benzene rings is 1. The number of aliphatic hydroxyl groups is 2. The lowest BCUT2D eigenvalue weighted by Crippen LogP contribution is -2.60. The quantitative estimate of drug-likeness (QED) is 0.375. The molecule has 0 saturated carbocycles. The molecule has 1 aliphatic carbocycles. The van der Waals surface area contributed by atoms with Crippen molar-refractivity contribution in [3.63, 3.8) is 0 Å². The number of imidazole rings is 1. The Kier molecular flexibility index (Phi) is 5.54. The van der Waals surface area contributed by atoms with Crippen LogP contribution >= 0.6 is 0 Å². The van der Waals surface area contributed by atoms with Crippen molar-refractivity contribution in [3.8, 4) is 16.9 Å². The number of rotatable bonds is 5. The van der Waals surface area contributed by atoms with Gasteiger partial charge in [0.1, 0.15) is 17.2 Å². The molecule has 4 heterocycles. The van der Waals surface area contributed by atoms with Crippen LogP contribution in [-0.2, 0) is 0 Å². The van der Waals surface area contributed by atoms with E-state index in [0.29, 0.717) is 36.4 Å². The molecule has 198 valence electrons. The summed E-state index contributed by atoms with van der Waals surface area (Å²) in [6.45, 7) is -0.880. The molecule has 0 spiro atoms. The lowest BCUT2D eigenvalue weighted by molar-refractivity contribution is -0.0508. The van der Waals surface area contributed by atoms with Crippen LogP contribution in [0.5, 0.6) is 5.75 Å². The predicted molar refractivity (Wildman–Crippen MR) is 123 cm³/mol. The second-order valence-corrected chi connectivity index (χ2v) is 9.76. The van der Waals surface area contributed by atoms with Gasteiger partial charge in [0.05, 0.1) is 36.2 Å². The maximum Gasteiger partial charge on any atom is 0.387 e. The first-order valence-electron chi connectivity index (χ1n) is 11.6. The minimum Gasteiger partial charge on any atom is -0.434 e. The molecule has 0 bridgehead atoms. The number of hydrogen-bond acceptors (Lipinski definition) is 7. The van der Waals surface area contributed by atoms with Gasteiger partial charge in [-0.2, -0.15) is 8.78 Å². The Morgan fingerprint density at radius 2 is 1.74 bits per heavy atom. The Labute approximate surface area is 212 Å². The van der Waals surface area contributed by atoms with Crippen molar-refractivity contribution in [2.75, 3.05) is 18.0 Å². The van der Waals surface area contributed by atoms with Gasteiger partial charge in [-0.15, -0.1) is 0 Å². The van der Waals surface area contributed by atoms with E-state index < -0.39 is 47.4 Å². The van der Waals surface area contributed by atoms with E-state index in [1.54, 1.807) is 11.8 Å². The first-order valence-corrected chi connectivity index (χ1v) is 11.6. The molecule has 8 nitrogen and oxygen atoms in total. The van der Waals surface area contributed by atoms with Gasteiger partial charge in [0.25, 0.3) is 0 Å². The summed E-state index contributed by atoms with van der Waals surface area (Å²) in [5, 5.41) is 20.6. The molecule has 2 unspecified atom stereocenters. The van der Waals surface area contributed by atoms with Gasteiger partial charge < -0.3 is 24.3 Å². The number of hydrogen-bond donors (Lipinski definition) is 2. The fraction of sp³-hybridized carbons (Fsp3) is 0.320. The van der Waals surface area contributed by atoms with Crippen molar-refractivity contribution >= 4 is 11.6 Å². The highest BCUT2D eigenvalue weighted by Gasteiger charge is 2.39. The smallest absolute Gasteiger partial charge is 0.387 e. The molecule has 2 aliphatic rings.